The Bertz CT molecular complexity index is 171. The minimum absolute atomic E-state index is 0.0316. The zero-order valence-electron chi connectivity index (χ0n) is 6.83. The highest BCUT2D eigenvalue weighted by Gasteiger charge is 2.33. The summed E-state index contributed by atoms with van der Waals surface area (Å²) in [7, 11) is 1.71. The van der Waals surface area contributed by atoms with E-state index < -0.39 is 5.60 Å². The van der Waals surface area contributed by atoms with E-state index >= 15 is 0 Å². The van der Waals surface area contributed by atoms with Crippen molar-refractivity contribution in [3.05, 3.63) is 0 Å². The Morgan fingerprint density at radius 3 is 2.91 bits per heavy atom. The average Bonchev–Trinajstić information content (AvgIpc) is 1.98. The van der Waals surface area contributed by atoms with Crippen molar-refractivity contribution in [1.82, 2.24) is 4.90 Å². The van der Waals surface area contributed by atoms with Gasteiger partial charge in [-0.05, 0) is 6.92 Å². The van der Waals surface area contributed by atoms with Gasteiger partial charge < -0.3 is 14.7 Å². The van der Waals surface area contributed by atoms with Gasteiger partial charge in [-0.1, -0.05) is 0 Å². The largest absolute Gasteiger partial charge is 0.393 e. The molecule has 0 saturated carbocycles. The molecule has 0 aliphatic carbocycles. The number of carbonyl (C=O) groups is 1. The summed E-state index contributed by atoms with van der Waals surface area (Å²) in [5.41, 5.74) is -0.567. The Morgan fingerprint density at radius 1 is 1.82 bits per heavy atom. The van der Waals surface area contributed by atoms with Gasteiger partial charge in [0.05, 0.1) is 13.2 Å². The van der Waals surface area contributed by atoms with Crippen molar-refractivity contribution in [2.24, 2.45) is 0 Å². The molecule has 1 atom stereocenters. The van der Waals surface area contributed by atoms with Gasteiger partial charge in [0.2, 0.25) is 5.91 Å². The molecule has 1 fully saturated rings. The summed E-state index contributed by atoms with van der Waals surface area (Å²) < 4.78 is 5.16. The number of aliphatic hydroxyl groups excluding tert-OH is 1. The average molecular weight is 159 g/mol. The van der Waals surface area contributed by atoms with Gasteiger partial charge in [-0.3, -0.25) is 4.79 Å². The maximum Gasteiger partial charge on any atom is 0.248 e. The first-order valence-corrected chi connectivity index (χ1v) is 3.56. The summed E-state index contributed by atoms with van der Waals surface area (Å²) in [5, 5.41) is 8.89. The van der Waals surface area contributed by atoms with Crippen molar-refractivity contribution in [3.63, 3.8) is 0 Å². The summed E-state index contributed by atoms with van der Waals surface area (Å²) in [6.45, 7) is 2.27. The predicted molar refractivity (Wildman–Crippen MR) is 39.1 cm³/mol. The van der Waals surface area contributed by atoms with Crippen LogP contribution in [0.4, 0.5) is 0 Å². The molecule has 0 bridgehead atoms. The van der Waals surface area contributed by atoms with Crippen molar-refractivity contribution in [1.29, 1.82) is 0 Å². The zero-order valence-corrected chi connectivity index (χ0v) is 6.83. The van der Waals surface area contributed by atoms with Crippen LogP contribution in [0, 0.1) is 0 Å². The third-order valence-electron chi connectivity index (χ3n) is 1.88. The number of carbonyl (C=O) groups excluding carboxylic acids is 1. The second-order valence-electron chi connectivity index (χ2n) is 3.15. The van der Waals surface area contributed by atoms with Crippen molar-refractivity contribution >= 4 is 5.91 Å². The van der Waals surface area contributed by atoms with Crippen LogP contribution in [0.2, 0.25) is 0 Å². The number of ether oxygens (including phenoxy) is 1. The highest BCUT2D eigenvalue weighted by Crippen LogP contribution is 2.15. The number of amides is 1. The van der Waals surface area contributed by atoms with Gasteiger partial charge >= 0.3 is 0 Å². The number of nitrogens with zero attached hydrogens (tertiary/aromatic N) is 1. The third-order valence-corrected chi connectivity index (χ3v) is 1.88. The number of morpholine rings is 1. The first-order chi connectivity index (χ1) is 5.07. The summed E-state index contributed by atoms with van der Waals surface area (Å²) in [4.78, 5) is 12.5. The Hall–Kier alpha value is -0.610. The Morgan fingerprint density at radius 2 is 2.45 bits per heavy atom. The van der Waals surface area contributed by atoms with Crippen LogP contribution in [-0.2, 0) is 9.53 Å². The fourth-order valence-corrected chi connectivity index (χ4v) is 1.08. The normalized spacial score (nSPS) is 32.6. The smallest absolute Gasteiger partial charge is 0.248 e. The van der Waals surface area contributed by atoms with Crippen LogP contribution in [0.3, 0.4) is 0 Å². The number of hydrogen-bond acceptors (Lipinski definition) is 3. The molecule has 0 aromatic carbocycles. The van der Waals surface area contributed by atoms with Crippen LogP contribution in [0.25, 0.3) is 0 Å². The Labute approximate surface area is 65.8 Å². The van der Waals surface area contributed by atoms with E-state index in [1.165, 1.54) is 0 Å². The monoisotopic (exact) mass is 159 g/mol. The molecule has 0 aromatic heterocycles. The molecule has 1 aliphatic heterocycles. The van der Waals surface area contributed by atoms with Gasteiger partial charge in [0.15, 0.2) is 0 Å². The lowest BCUT2D eigenvalue weighted by atomic mass is 10.1. The molecule has 1 unspecified atom stereocenters. The van der Waals surface area contributed by atoms with E-state index in [0.29, 0.717) is 6.54 Å². The van der Waals surface area contributed by atoms with E-state index in [0.717, 1.165) is 0 Å². The van der Waals surface area contributed by atoms with Gasteiger partial charge in [0, 0.05) is 7.05 Å². The fourth-order valence-electron chi connectivity index (χ4n) is 1.08. The summed E-state index contributed by atoms with van der Waals surface area (Å²) in [5.74, 6) is -0.0316. The third kappa shape index (κ3) is 1.70. The molecule has 1 aliphatic rings. The van der Waals surface area contributed by atoms with Gasteiger partial charge in [0.25, 0.3) is 0 Å². The molecular weight excluding hydrogens is 146 g/mol. The first-order valence-electron chi connectivity index (χ1n) is 3.56. The highest BCUT2D eigenvalue weighted by molar-refractivity contribution is 5.77. The van der Waals surface area contributed by atoms with Gasteiger partial charge in [-0.25, -0.2) is 0 Å². The van der Waals surface area contributed by atoms with E-state index in [1.807, 2.05) is 0 Å². The number of hydrogen-bond donors (Lipinski definition) is 1. The topological polar surface area (TPSA) is 49.8 Å². The van der Waals surface area contributed by atoms with E-state index in [2.05, 4.69) is 0 Å². The molecule has 64 valence electrons. The minimum atomic E-state index is -0.567. The molecule has 4 nitrogen and oxygen atoms in total. The summed E-state index contributed by atoms with van der Waals surface area (Å²) >= 11 is 0. The SMILES string of the molecule is CN1CC(C)(CO)OCC1=O. The molecule has 4 heteroatoms. The number of rotatable bonds is 1. The predicted octanol–water partition coefficient (Wildman–Crippen LogP) is -0.774. The Balaban J connectivity index is 2.58. The lowest BCUT2D eigenvalue weighted by molar-refractivity contribution is -0.163. The standard InChI is InChI=1S/C7H13NO3/c1-7(5-9)4-8(2)6(10)3-11-7/h9H,3-5H2,1-2H3. The number of likely N-dealkylation sites (N-methyl/N-ethyl adjacent to an activating group) is 1. The molecule has 0 radical (unpaired) electrons. The summed E-state index contributed by atoms with van der Waals surface area (Å²) in [6.07, 6.45) is 0. The van der Waals surface area contributed by atoms with E-state index in [-0.39, 0.29) is 19.1 Å². The first kappa shape index (κ1) is 8.49. The zero-order chi connectivity index (χ0) is 8.48. The minimum Gasteiger partial charge on any atom is -0.393 e. The second kappa shape index (κ2) is 2.79. The molecular formula is C7H13NO3. The molecule has 11 heavy (non-hydrogen) atoms. The molecule has 1 amide bonds. The van der Waals surface area contributed by atoms with Crippen molar-refractivity contribution in [2.45, 2.75) is 12.5 Å². The van der Waals surface area contributed by atoms with Crippen LogP contribution >= 0.6 is 0 Å². The molecule has 1 N–H and O–H groups in total. The van der Waals surface area contributed by atoms with Gasteiger partial charge in [-0.2, -0.15) is 0 Å². The second-order valence-corrected chi connectivity index (χ2v) is 3.15. The fraction of sp³-hybridized carbons (Fsp3) is 0.857. The lowest BCUT2D eigenvalue weighted by Crippen LogP contribution is -2.53. The Kier molecular flexibility index (Phi) is 2.15. The summed E-state index contributed by atoms with van der Waals surface area (Å²) in [6, 6.07) is 0. The van der Waals surface area contributed by atoms with E-state index in [9.17, 15) is 4.79 Å². The van der Waals surface area contributed by atoms with Crippen LogP contribution in [0.5, 0.6) is 0 Å². The lowest BCUT2D eigenvalue weighted by Gasteiger charge is -2.36. The molecule has 0 spiro atoms. The maximum absolute atomic E-state index is 10.9. The number of aliphatic hydroxyl groups is 1. The van der Waals surface area contributed by atoms with Crippen LogP contribution < -0.4 is 0 Å². The van der Waals surface area contributed by atoms with Crippen LogP contribution in [0.1, 0.15) is 6.92 Å². The highest BCUT2D eigenvalue weighted by atomic mass is 16.5. The van der Waals surface area contributed by atoms with E-state index in [1.54, 1.807) is 18.9 Å². The van der Waals surface area contributed by atoms with Crippen LogP contribution in [-0.4, -0.2) is 48.3 Å². The van der Waals surface area contributed by atoms with Crippen molar-refractivity contribution in [2.75, 3.05) is 26.8 Å². The van der Waals surface area contributed by atoms with Gasteiger partial charge in [0.1, 0.15) is 12.2 Å². The molecule has 1 rings (SSSR count). The quantitative estimate of drug-likeness (QED) is 0.546. The molecule has 1 heterocycles. The van der Waals surface area contributed by atoms with Crippen molar-refractivity contribution < 1.29 is 14.6 Å². The molecule has 0 aromatic rings. The van der Waals surface area contributed by atoms with Gasteiger partial charge in [-0.15, -0.1) is 0 Å². The maximum atomic E-state index is 10.9. The van der Waals surface area contributed by atoms with Crippen molar-refractivity contribution in [3.8, 4) is 0 Å². The molecule has 1 saturated heterocycles. The van der Waals surface area contributed by atoms with E-state index in [4.69, 9.17) is 9.84 Å². The van der Waals surface area contributed by atoms with Crippen LogP contribution in [0.15, 0.2) is 0 Å².